The van der Waals surface area contributed by atoms with Crippen LogP contribution >= 0.6 is 0 Å². The number of rotatable bonds is 4. The van der Waals surface area contributed by atoms with Crippen molar-refractivity contribution >= 4 is 20.9 Å². The van der Waals surface area contributed by atoms with Gasteiger partial charge in [-0.3, -0.25) is 0 Å². The molecule has 7 nitrogen and oxygen atoms in total. The molecule has 3 aromatic rings. The highest BCUT2D eigenvalue weighted by Gasteiger charge is 2.17. The van der Waals surface area contributed by atoms with E-state index in [-0.39, 0.29) is 4.90 Å². The standard InChI is InChI=1S/C13H13N3O4S/c1-19-7-8-6-10(16-20-8)13-14-9-4-3-5-11(12(9)15-13)21(2,17)18/h3-6H,7H2,1-2H3,(H,14,15). The van der Waals surface area contributed by atoms with Gasteiger partial charge in [0.05, 0.1) is 10.4 Å². The van der Waals surface area contributed by atoms with Crippen LogP contribution in [0.25, 0.3) is 22.6 Å². The average Bonchev–Trinajstić information content (AvgIpc) is 3.02. The zero-order valence-corrected chi connectivity index (χ0v) is 12.3. The third-order valence-corrected chi connectivity index (χ3v) is 4.09. The van der Waals surface area contributed by atoms with E-state index in [0.717, 1.165) is 6.26 Å². The quantitative estimate of drug-likeness (QED) is 0.788. The first-order valence-corrected chi connectivity index (χ1v) is 8.02. The fourth-order valence-corrected chi connectivity index (χ4v) is 2.89. The molecule has 0 saturated carbocycles. The number of imidazole rings is 1. The Labute approximate surface area is 120 Å². The summed E-state index contributed by atoms with van der Waals surface area (Å²) < 4.78 is 33.6. The van der Waals surface area contributed by atoms with Gasteiger partial charge in [0, 0.05) is 19.4 Å². The SMILES string of the molecule is COCc1cc(-c2nc3c(S(C)(=O)=O)cccc3[nH]2)no1. The van der Waals surface area contributed by atoms with Crippen molar-refractivity contribution in [3.8, 4) is 11.5 Å². The highest BCUT2D eigenvalue weighted by molar-refractivity contribution is 7.91. The van der Waals surface area contributed by atoms with Crippen molar-refractivity contribution in [1.29, 1.82) is 0 Å². The Bertz CT molecular complexity index is 895. The molecule has 8 heteroatoms. The Hall–Kier alpha value is -2.19. The summed E-state index contributed by atoms with van der Waals surface area (Å²) in [5.41, 5.74) is 1.52. The predicted molar refractivity (Wildman–Crippen MR) is 75.4 cm³/mol. The first kappa shape index (κ1) is 13.8. The van der Waals surface area contributed by atoms with Crippen molar-refractivity contribution in [2.75, 3.05) is 13.4 Å². The van der Waals surface area contributed by atoms with Gasteiger partial charge in [-0.25, -0.2) is 13.4 Å². The number of nitrogens with zero attached hydrogens (tertiary/aromatic N) is 2. The van der Waals surface area contributed by atoms with Crippen molar-refractivity contribution < 1.29 is 17.7 Å². The molecular formula is C13H13N3O4S. The molecule has 0 aliphatic heterocycles. The number of aromatic nitrogens is 3. The summed E-state index contributed by atoms with van der Waals surface area (Å²) in [5.74, 6) is 1.02. The van der Waals surface area contributed by atoms with Crippen LogP contribution in [0.2, 0.25) is 0 Å². The molecule has 0 aliphatic rings. The lowest BCUT2D eigenvalue weighted by molar-refractivity contribution is 0.156. The van der Waals surface area contributed by atoms with Gasteiger partial charge in [-0.1, -0.05) is 11.2 Å². The zero-order valence-electron chi connectivity index (χ0n) is 11.5. The Morgan fingerprint density at radius 3 is 2.90 bits per heavy atom. The number of fused-ring (bicyclic) bond motifs is 1. The van der Waals surface area contributed by atoms with Crippen LogP contribution in [0.4, 0.5) is 0 Å². The second-order valence-electron chi connectivity index (χ2n) is 4.62. The van der Waals surface area contributed by atoms with Crippen LogP contribution in [0, 0.1) is 0 Å². The number of aromatic amines is 1. The fraction of sp³-hybridized carbons (Fsp3) is 0.231. The molecule has 2 heterocycles. The third kappa shape index (κ3) is 2.55. The number of para-hydroxylation sites is 1. The number of benzene rings is 1. The molecule has 0 spiro atoms. The topological polar surface area (TPSA) is 98.1 Å². The van der Waals surface area contributed by atoms with Gasteiger partial charge in [0.1, 0.15) is 17.8 Å². The molecule has 110 valence electrons. The van der Waals surface area contributed by atoms with E-state index in [1.165, 1.54) is 6.07 Å². The summed E-state index contributed by atoms with van der Waals surface area (Å²) in [4.78, 5) is 7.55. The van der Waals surface area contributed by atoms with Crippen molar-refractivity contribution in [2.45, 2.75) is 11.5 Å². The van der Waals surface area contributed by atoms with Crippen LogP contribution in [0.15, 0.2) is 33.7 Å². The van der Waals surface area contributed by atoms with E-state index in [0.29, 0.717) is 34.9 Å². The highest BCUT2D eigenvalue weighted by Crippen LogP contribution is 2.25. The van der Waals surface area contributed by atoms with Gasteiger partial charge in [-0.05, 0) is 12.1 Å². The minimum atomic E-state index is -3.35. The summed E-state index contributed by atoms with van der Waals surface area (Å²) >= 11 is 0. The Kier molecular flexibility index (Phi) is 3.26. The van der Waals surface area contributed by atoms with Crippen molar-refractivity contribution in [3.63, 3.8) is 0 Å². The molecule has 0 saturated heterocycles. The van der Waals surface area contributed by atoms with Crippen LogP contribution in [0.1, 0.15) is 5.76 Å². The number of sulfone groups is 1. The molecule has 1 aromatic carbocycles. The maximum Gasteiger partial charge on any atom is 0.177 e. The number of hydrogen-bond acceptors (Lipinski definition) is 6. The number of methoxy groups -OCH3 is 1. The summed E-state index contributed by atoms with van der Waals surface area (Å²) in [7, 11) is -1.79. The van der Waals surface area contributed by atoms with Gasteiger partial charge in [0.15, 0.2) is 21.4 Å². The maximum atomic E-state index is 11.8. The average molecular weight is 307 g/mol. The van der Waals surface area contributed by atoms with Gasteiger partial charge in [-0.2, -0.15) is 0 Å². The molecule has 0 aliphatic carbocycles. The van der Waals surface area contributed by atoms with Gasteiger partial charge < -0.3 is 14.2 Å². The second kappa shape index (κ2) is 4.97. The normalized spacial score (nSPS) is 12.1. The molecule has 1 N–H and O–H groups in total. The van der Waals surface area contributed by atoms with E-state index in [1.54, 1.807) is 25.3 Å². The van der Waals surface area contributed by atoms with Crippen molar-refractivity contribution in [3.05, 3.63) is 30.0 Å². The summed E-state index contributed by atoms with van der Waals surface area (Å²) in [6.07, 6.45) is 1.16. The number of hydrogen-bond donors (Lipinski definition) is 1. The lowest BCUT2D eigenvalue weighted by Gasteiger charge is -1.97. The molecule has 21 heavy (non-hydrogen) atoms. The number of ether oxygens (including phenoxy) is 1. The first-order chi connectivity index (χ1) is 9.99. The first-order valence-electron chi connectivity index (χ1n) is 6.13. The molecule has 0 unspecified atom stereocenters. The van der Waals surface area contributed by atoms with E-state index in [4.69, 9.17) is 9.26 Å². The molecule has 3 rings (SSSR count). The predicted octanol–water partition coefficient (Wildman–Crippen LogP) is 1.77. The molecular weight excluding hydrogens is 294 g/mol. The second-order valence-corrected chi connectivity index (χ2v) is 6.61. The van der Waals surface area contributed by atoms with Crippen molar-refractivity contribution in [1.82, 2.24) is 15.1 Å². The number of H-pyrrole nitrogens is 1. The van der Waals surface area contributed by atoms with Gasteiger partial charge in [0.2, 0.25) is 0 Å². The highest BCUT2D eigenvalue weighted by atomic mass is 32.2. The minimum absolute atomic E-state index is 0.183. The third-order valence-electron chi connectivity index (χ3n) is 2.96. The van der Waals surface area contributed by atoms with Crippen LogP contribution < -0.4 is 0 Å². The molecule has 0 fully saturated rings. The lowest BCUT2D eigenvalue weighted by atomic mass is 10.3. The fourth-order valence-electron chi connectivity index (χ4n) is 2.06. The maximum absolute atomic E-state index is 11.8. The Balaban J connectivity index is 2.12. The van der Waals surface area contributed by atoms with Crippen LogP contribution in [0.5, 0.6) is 0 Å². The van der Waals surface area contributed by atoms with E-state index < -0.39 is 9.84 Å². The van der Waals surface area contributed by atoms with E-state index >= 15 is 0 Å². The summed E-state index contributed by atoms with van der Waals surface area (Å²) in [5, 5.41) is 3.89. The van der Waals surface area contributed by atoms with Gasteiger partial charge in [-0.15, -0.1) is 0 Å². The van der Waals surface area contributed by atoms with Crippen molar-refractivity contribution in [2.24, 2.45) is 0 Å². The van der Waals surface area contributed by atoms with Crippen LogP contribution in [-0.4, -0.2) is 36.9 Å². The zero-order chi connectivity index (χ0) is 15.0. The number of nitrogens with one attached hydrogen (secondary N) is 1. The largest absolute Gasteiger partial charge is 0.377 e. The van der Waals surface area contributed by atoms with Crippen LogP contribution in [0.3, 0.4) is 0 Å². The van der Waals surface area contributed by atoms with E-state index in [1.807, 2.05) is 0 Å². The molecule has 0 amide bonds. The van der Waals surface area contributed by atoms with Gasteiger partial charge in [0.25, 0.3) is 0 Å². The molecule has 0 radical (unpaired) electrons. The molecule has 2 aromatic heterocycles. The minimum Gasteiger partial charge on any atom is -0.377 e. The lowest BCUT2D eigenvalue weighted by Crippen LogP contribution is -1.97. The monoisotopic (exact) mass is 307 g/mol. The molecule has 0 bridgehead atoms. The molecule has 0 atom stereocenters. The van der Waals surface area contributed by atoms with E-state index in [2.05, 4.69) is 15.1 Å². The van der Waals surface area contributed by atoms with Gasteiger partial charge >= 0.3 is 0 Å². The summed E-state index contributed by atoms with van der Waals surface area (Å²) in [6, 6.07) is 6.65. The van der Waals surface area contributed by atoms with Crippen LogP contribution in [-0.2, 0) is 21.2 Å². The Morgan fingerprint density at radius 2 is 2.19 bits per heavy atom. The Morgan fingerprint density at radius 1 is 1.38 bits per heavy atom. The smallest absolute Gasteiger partial charge is 0.177 e. The van der Waals surface area contributed by atoms with E-state index in [9.17, 15) is 8.42 Å². The summed E-state index contributed by atoms with van der Waals surface area (Å²) in [6.45, 7) is 0.307.